The zero-order valence-electron chi connectivity index (χ0n) is 11.1. The number of thiophene rings is 1. The Balaban J connectivity index is 1.82. The number of aromatic nitrogens is 2. The van der Waals surface area contributed by atoms with Gasteiger partial charge >= 0.3 is 0 Å². The van der Waals surface area contributed by atoms with Crippen LogP contribution in [-0.4, -0.2) is 43.0 Å². The van der Waals surface area contributed by atoms with E-state index in [9.17, 15) is 13.2 Å². The van der Waals surface area contributed by atoms with Crippen LogP contribution in [0.25, 0.3) is 0 Å². The van der Waals surface area contributed by atoms with Gasteiger partial charge in [0, 0.05) is 11.4 Å². The Bertz CT molecular complexity index is 694. The number of hydrogen-bond donors (Lipinski definition) is 1. The standard InChI is InChI=1S/C11H13N3O3S4/c1-21(16,17)13-5-4-8-2-3-10(20-8)9(15)6-18-11-14-12-7-19-11/h2-3,7,13H,4-6H2,1H3. The number of sulfonamides is 1. The Kier molecular flexibility index (Phi) is 5.88. The molecule has 0 saturated heterocycles. The molecule has 0 amide bonds. The van der Waals surface area contributed by atoms with Crippen LogP contribution in [0.2, 0.25) is 0 Å². The quantitative estimate of drug-likeness (QED) is 0.567. The number of hydrogen-bond acceptors (Lipinski definition) is 8. The maximum absolute atomic E-state index is 12.0. The van der Waals surface area contributed by atoms with Crippen molar-refractivity contribution >= 4 is 50.2 Å². The Hall–Kier alpha value is -0.810. The molecular weight excluding hydrogens is 350 g/mol. The van der Waals surface area contributed by atoms with Crippen molar-refractivity contribution < 1.29 is 13.2 Å². The van der Waals surface area contributed by atoms with Gasteiger partial charge in [-0.25, -0.2) is 13.1 Å². The lowest BCUT2D eigenvalue weighted by atomic mass is 10.3. The van der Waals surface area contributed by atoms with Crippen molar-refractivity contribution in [3.8, 4) is 0 Å². The van der Waals surface area contributed by atoms with Gasteiger partial charge in [0.2, 0.25) is 10.0 Å². The molecule has 2 aromatic rings. The number of nitrogens with zero attached hydrogens (tertiary/aromatic N) is 2. The van der Waals surface area contributed by atoms with E-state index in [-0.39, 0.29) is 5.78 Å². The second-order valence-electron chi connectivity index (χ2n) is 4.10. The van der Waals surface area contributed by atoms with Crippen LogP contribution in [0.15, 0.2) is 22.0 Å². The van der Waals surface area contributed by atoms with Crippen molar-refractivity contribution in [3.63, 3.8) is 0 Å². The maximum atomic E-state index is 12.0. The van der Waals surface area contributed by atoms with Crippen LogP contribution < -0.4 is 4.72 Å². The molecule has 0 fully saturated rings. The molecular formula is C11H13N3O3S4. The van der Waals surface area contributed by atoms with E-state index in [1.165, 1.54) is 34.4 Å². The van der Waals surface area contributed by atoms with Crippen molar-refractivity contribution in [1.29, 1.82) is 0 Å². The van der Waals surface area contributed by atoms with Gasteiger partial charge in [0.05, 0.1) is 16.9 Å². The fourth-order valence-electron chi connectivity index (χ4n) is 1.45. The monoisotopic (exact) mass is 363 g/mol. The minimum absolute atomic E-state index is 0.0440. The maximum Gasteiger partial charge on any atom is 0.208 e. The molecule has 6 nitrogen and oxygen atoms in total. The van der Waals surface area contributed by atoms with Crippen LogP contribution in [0, 0.1) is 0 Å². The molecule has 10 heteroatoms. The number of carbonyl (C=O) groups excluding carboxylic acids is 1. The van der Waals surface area contributed by atoms with Crippen LogP contribution in [0.5, 0.6) is 0 Å². The topological polar surface area (TPSA) is 89.0 Å². The number of carbonyl (C=O) groups is 1. The zero-order valence-corrected chi connectivity index (χ0v) is 14.4. The minimum Gasteiger partial charge on any atom is -0.292 e. The summed E-state index contributed by atoms with van der Waals surface area (Å²) in [4.78, 5) is 13.7. The average Bonchev–Trinajstić information content (AvgIpc) is 3.05. The molecule has 0 bridgehead atoms. The third-order valence-corrected chi connectivity index (χ3v) is 6.11. The Morgan fingerprint density at radius 2 is 2.24 bits per heavy atom. The molecule has 2 heterocycles. The SMILES string of the molecule is CS(=O)(=O)NCCc1ccc(C(=O)CSc2nncs2)s1. The largest absolute Gasteiger partial charge is 0.292 e. The highest BCUT2D eigenvalue weighted by Gasteiger charge is 2.11. The zero-order chi connectivity index (χ0) is 15.3. The smallest absolute Gasteiger partial charge is 0.208 e. The molecule has 2 rings (SSSR count). The Morgan fingerprint density at radius 1 is 1.43 bits per heavy atom. The summed E-state index contributed by atoms with van der Waals surface area (Å²) < 4.78 is 25.1. The first-order valence-corrected chi connectivity index (χ1v) is 10.5. The van der Waals surface area contributed by atoms with Crippen LogP contribution >= 0.6 is 34.4 Å². The number of nitrogens with one attached hydrogen (secondary N) is 1. The van der Waals surface area contributed by atoms with Gasteiger partial charge < -0.3 is 0 Å². The normalized spacial score (nSPS) is 11.7. The molecule has 2 aromatic heterocycles. The molecule has 0 aliphatic heterocycles. The van der Waals surface area contributed by atoms with E-state index >= 15 is 0 Å². The fraction of sp³-hybridized carbons (Fsp3) is 0.364. The molecule has 1 N–H and O–H groups in total. The van der Waals surface area contributed by atoms with Crippen molar-refractivity contribution in [1.82, 2.24) is 14.9 Å². The molecule has 21 heavy (non-hydrogen) atoms. The lowest BCUT2D eigenvalue weighted by molar-refractivity contribution is 0.102. The van der Waals surface area contributed by atoms with Gasteiger partial charge in [0.15, 0.2) is 10.1 Å². The summed E-state index contributed by atoms with van der Waals surface area (Å²) in [6, 6.07) is 3.64. The minimum atomic E-state index is -3.16. The fourth-order valence-corrected chi connectivity index (χ4v) is 4.33. The van der Waals surface area contributed by atoms with Gasteiger partial charge in [-0.3, -0.25) is 4.79 Å². The molecule has 0 spiro atoms. The van der Waals surface area contributed by atoms with Crippen molar-refractivity contribution in [2.75, 3.05) is 18.6 Å². The number of rotatable bonds is 8. The van der Waals surface area contributed by atoms with E-state index in [0.29, 0.717) is 23.6 Å². The first kappa shape index (κ1) is 16.6. The van der Waals surface area contributed by atoms with Gasteiger partial charge in [-0.05, 0) is 18.6 Å². The number of thioether (sulfide) groups is 1. The van der Waals surface area contributed by atoms with Gasteiger partial charge in [0.1, 0.15) is 5.51 Å². The molecule has 0 atom stereocenters. The molecule has 0 aromatic carbocycles. The van der Waals surface area contributed by atoms with Crippen molar-refractivity contribution in [2.45, 2.75) is 10.8 Å². The summed E-state index contributed by atoms with van der Waals surface area (Å²) in [5, 5.41) is 7.58. The van der Waals surface area contributed by atoms with Crippen LogP contribution in [0.3, 0.4) is 0 Å². The summed E-state index contributed by atoms with van der Waals surface area (Å²) in [6.07, 6.45) is 1.70. The van der Waals surface area contributed by atoms with Crippen molar-refractivity contribution in [2.24, 2.45) is 0 Å². The third kappa shape index (κ3) is 5.83. The Labute approximate surface area is 135 Å². The molecule has 0 saturated carbocycles. The number of ketones is 1. The van der Waals surface area contributed by atoms with E-state index in [1.54, 1.807) is 11.6 Å². The summed E-state index contributed by atoms with van der Waals surface area (Å²) in [5.41, 5.74) is 1.63. The first-order valence-electron chi connectivity index (χ1n) is 5.89. The van der Waals surface area contributed by atoms with Crippen molar-refractivity contribution in [3.05, 3.63) is 27.4 Å². The summed E-state index contributed by atoms with van der Waals surface area (Å²) in [5.74, 6) is 0.374. The average molecular weight is 364 g/mol. The third-order valence-electron chi connectivity index (χ3n) is 2.34. The summed E-state index contributed by atoms with van der Waals surface area (Å²) >= 11 is 4.17. The second-order valence-corrected chi connectivity index (χ2v) is 9.16. The lowest BCUT2D eigenvalue weighted by Crippen LogP contribution is -2.23. The van der Waals surface area contributed by atoms with E-state index in [2.05, 4.69) is 14.9 Å². The van der Waals surface area contributed by atoms with Crippen LogP contribution in [0.1, 0.15) is 14.5 Å². The predicted molar refractivity (Wildman–Crippen MR) is 85.8 cm³/mol. The highest BCUT2D eigenvalue weighted by atomic mass is 32.2. The highest BCUT2D eigenvalue weighted by Crippen LogP contribution is 2.23. The van der Waals surface area contributed by atoms with Gasteiger partial charge in [0.25, 0.3) is 0 Å². The summed E-state index contributed by atoms with van der Waals surface area (Å²) in [7, 11) is -3.16. The predicted octanol–water partition coefficient (Wildman–Crippen LogP) is 1.67. The molecule has 0 radical (unpaired) electrons. The van der Waals surface area contributed by atoms with E-state index in [0.717, 1.165) is 15.5 Å². The Morgan fingerprint density at radius 3 is 2.90 bits per heavy atom. The molecule has 0 aliphatic rings. The van der Waals surface area contributed by atoms with E-state index in [1.807, 2.05) is 6.07 Å². The van der Waals surface area contributed by atoms with Gasteiger partial charge in [-0.2, -0.15) is 0 Å². The molecule has 114 valence electrons. The number of Topliss-reactive ketones (excluding diaryl/α,β-unsaturated/α-hetero) is 1. The van der Waals surface area contributed by atoms with Crippen LogP contribution in [-0.2, 0) is 16.4 Å². The van der Waals surface area contributed by atoms with E-state index < -0.39 is 10.0 Å². The van der Waals surface area contributed by atoms with Crippen LogP contribution in [0.4, 0.5) is 0 Å². The van der Waals surface area contributed by atoms with Gasteiger partial charge in [-0.1, -0.05) is 23.1 Å². The lowest BCUT2D eigenvalue weighted by Gasteiger charge is -1.99. The first-order chi connectivity index (χ1) is 9.94. The second kappa shape index (κ2) is 7.45. The summed E-state index contributed by atoms with van der Waals surface area (Å²) in [6.45, 7) is 0.340. The van der Waals surface area contributed by atoms with Gasteiger partial charge in [-0.15, -0.1) is 21.5 Å². The van der Waals surface area contributed by atoms with E-state index in [4.69, 9.17) is 0 Å². The molecule has 0 unspecified atom stereocenters. The highest BCUT2D eigenvalue weighted by molar-refractivity contribution is 8.01. The molecule has 0 aliphatic carbocycles.